The van der Waals surface area contributed by atoms with Gasteiger partial charge in [0, 0.05) is 72.5 Å². The lowest BCUT2D eigenvalue weighted by molar-refractivity contribution is 0.660. The number of fused-ring (bicyclic) bond motifs is 21. The molecule has 24 aromatic carbocycles. The Morgan fingerprint density at radius 1 is 0.144 bits per heavy atom. The standard InChI is InChI=1S/C69H48N2.C66H44N2/c1-69(2)65-24-14-13-23-60(65)61-38-30-50(44-66(61)69)49-32-40-68-64(43-49)63-42-48(31-39-67(63)71(68)52-17-7-4-8-18-52)46-27-35-54(36-28-46)70(51-15-5-3-6-16-51)53-33-25-45(26-34-53)47-29-37-59-57-21-10-9-19-55(57)56-20-11-12-22-58(56)62(59)41-47;1-4-14-45(15-5-1)46-24-26-47(27-25-46)51-33-40-65-63(43-51)64-44-52(34-41-66(64)68(65)54-18-8-3-9-19-54)49-30-37-56(38-31-49)67(53-16-6-2-7-17-53)55-35-28-48(29-36-55)50-32-39-61-59-22-11-10-20-57(59)58-21-12-13-23-60(58)62(61)42-50/h3-44H,1-2H3;1-44H. The van der Waals surface area contributed by atoms with E-state index in [-0.39, 0.29) is 5.41 Å². The molecule has 652 valence electrons. The molecule has 0 radical (unpaired) electrons. The zero-order valence-corrected chi connectivity index (χ0v) is 76.9. The van der Waals surface area contributed by atoms with Crippen molar-refractivity contribution in [3.8, 4) is 100 Å². The first-order chi connectivity index (χ1) is 68.7. The average Bonchev–Trinajstić information content (AvgIpc) is 1.43. The largest absolute Gasteiger partial charge is 0.311 e. The van der Waals surface area contributed by atoms with Crippen molar-refractivity contribution >= 4 is 142 Å². The Balaban J connectivity index is 0.000000143. The lowest BCUT2D eigenvalue weighted by atomic mass is 9.81. The molecule has 0 saturated heterocycles. The van der Waals surface area contributed by atoms with Crippen LogP contribution in [-0.2, 0) is 5.41 Å². The monoisotopic (exact) mass is 1770 g/mol. The second-order valence-corrected chi connectivity index (χ2v) is 37.4. The molecule has 27 rings (SSSR count). The van der Waals surface area contributed by atoms with Gasteiger partial charge in [-0.3, -0.25) is 0 Å². The second kappa shape index (κ2) is 33.9. The Morgan fingerprint density at radius 2 is 0.353 bits per heavy atom. The third kappa shape index (κ3) is 14.3. The van der Waals surface area contributed by atoms with Crippen molar-refractivity contribution in [1.82, 2.24) is 9.13 Å². The minimum atomic E-state index is -0.0615. The summed E-state index contributed by atoms with van der Waals surface area (Å²) < 4.78 is 4.81. The maximum absolute atomic E-state index is 2.43. The van der Waals surface area contributed by atoms with Crippen molar-refractivity contribution in [2.24, 2.45) is 0 Å². The van der Waals surface area contributed by atoms with E-state index in [1.807, 2.05) is 0 Å². The van der Waals surface area contributed by atoms with E-state index < -0.39 is 0 Å². The highest BCUT2D eigenvalue weighted by molar-refractivity contribution is 6.27. The van der Waals surface area contributed by atoms with Crippen LogP contribution in [0.1, 0.15) is 25.0 Å². The van der Waals surface area contributed by atoms with Crippen LogP contribution in [0.25, 0.3) is 209 Å². The van der Waals surface area contributed by atoms with Crippen molar-refractivity contribution in [3.05, 3.63) is 533 Å². The van der Waals surface area contributed by atoms with Crippen LogP contribution in [0.2, 0.25) is 0 Å². The maximum Gasteiger partial charge on any atom is 0.0541 e. The van der Waals surface area contributed by atoms with Crippen molar-refractivity contribution in [2.45, 2.75) is 19.3 Å². The Morgan fingerprint density at radius 3 is 0.691 bits per heavy atom. The van der Waals surface area contributed by atoms with Crippen LogP contribution in [0, 0.1) is 0 Å². The molecule has 0 amide bonds. The van der Waals surface area contributed by atoms with Gasteiger partial charge in [0.1, 0.15) is 0 Å². The molecule has 0 bridgehead atoms. The summed E-state index contributed by atoms with van der Waals surface area (Å²) in [7, 11) is 0. The van der Waals surface area contributed by atoms with Crippen molar-refractivity contribution in [1.29, 1.82) is 0 Å². The molecular weight excluding hydrogens is 1680 g/mol. The Hall–Kier alpha value is -18.0. The van der Waals surface area contributed by atoms with Gasteiger partial charge in [-0.15, -0.1) is 0 Å². The summed E-state index contributed by atoms with van der Waals surface area (Å²) in [6.07, 6.45) is 0. The van der Waals surface area contributed by atoms with E-state index in [9.17, 15) is 0 Å². The maximum atomic E-state index is 2.43. The number of para-hydroxylation sites is 4. The van der Waals surface area contributed by atoms with Crippen LogP contribution in [0.3, 0.4) is 0 Å². The predicted molar refractivity (Wildman–Crippen MR) is 592 cm³/mol. The van der Waals surface area contributed by atoms with E-state index in [1.54, 1.807) is 0 Å². The molecule has 0 fully saturated rings. The predicted octanol–water partition coefficient (Wildman–Crippen LogP) is 37.4. The first kappa shape index (κ1) is 81.8. The Kier molecular flexibility index (Phi) is 19.9. The van der Waals surface area contributed by atoms with Crippen molar-refractivity contribution in [2.75, 3.05) is 9.80 Å². The summed E-state index contributed by atoms with van der Waals surface area (Å²) in [6.45, 7) is 4.72. The SMILES string of the molecule is CC1(C)c2ccccc2-c2ccc(-c3ccc4c(c3)c3cc(-c5ccc(N(c6ccccc6)c6ccc(-c7ccc8c9ccccc9c9ccccc9c8c7)cc6)cc5)ccc3n4-c3ccccc3)cc21.c1ccc(-c2ccc(-c3ccc4c(c3)c3cc(-c5ccc(N(c6ccccc6)c6ccc(-c7ccc8c9ccccc9c9ccccc9c8c7)cc6)cc5)ccc3n4-c3ccccc3)cc2)cc1. The summed E-state index contributed by atoms with van der Waals surface area (Å²) in [4.78, 5) is 4.70. The third-order valence-electron chi connectivity index (χ3n) is 29.2. The van der Waals surface area contributed by atoms with E-state index >= 15 is 0 Å². The molecular formula is C135H92N4. The molecule has 0 saturated carbocycles. The molecule has 4 nitrogen and oxygen atoms in total. The van der Waals surface area contributed by atoms with Crippen LogP contribution in [-0.4, -0.2) is 9.13 Å². The molecule has 1 aliphatic rings. The zero-order chi connectivity index (χ0) is 92.2. The second-order valence-electron chi connectivity index (χ2n) is 37.4. The Bertz CT molecular complexity index is 9200. The normalized spacial score (nSPS) is 12.2. The van der Waals surface area contributed by atoms with Crippen LogP contribution >= 0.6 is 0 Å². The van der Waals surface area contributed by atoms with Crippen LogP contribution in [0.4, 0.5) is 34.1 Å². The average molecular weight is 1770 g/mol. The number of hydrogen-bond donors (Lipinski definition) is 0. The number of anilines is 6. The third-order valence-corrected chi connectivity index (χ3v) is 29.2. The lowest BCUT2D eigenvalue weighted by Crippen LogP contribution is -2.14. The van der Waals surface area contributed by atoms with Gasteiger partial charge in [0.05, 0.1) is 22.1 Å². The lowest BCUT2D eigenvalue weighted by Gasteiger charge is -2.26. The molecule has 2 aromatic heterocycles. The molecule has 0 aliphatic heterocycles. The number of aromatic nitrogens is 2. The number of nitrogens with zero attached hydrogens (tertiary/aromatic N) is 4. The zero-order valence-electron chi connectivity index (χ0n) is 76.9. The number of rotatable bonds is 15. The van der Waals surface area contributed by atoms with Gasteiger partial charge in [-0.2, -0.15) is 0 Å². The fourth-order valence-electron chi connectivity index (χ4n) is 22.3. The summed E-state index contributed by atoms with van der Waals surface area (Å²) in [6, 6.07) is 191. The quantitative estimate of drug-likeness (QED) is 0.0951. The van der Waals surface area contributed by atoms with E-state index in [0.29, 0.717) is 0 Å². The number of benzene rings is 24. The smallest absolute Gasteiger partial charge is 0.0541 e. The van der Waals surface area contributed by atoms with Gasteiger partial charge in [0.15, 0.2) is 0 Å². The van der Waals surface area contributed by atoms with Gasteiger partial charge in [0.2, 0.25) is 0 Å². The minimum absolute atomic E-state index is 0.0615. The van der Waals surface area contributed by atoms with Gasteiger partial charge in [0.25, 0.3) is 0 Å². The number of hydrogen-bond acceptors (Lipinski definition) is 2. The fraction of sp³-hybridized carbons (Fsp3) is 0.0222. The van der Waals surface area contributed by atoms with Crippen LogP contribution in [0.5, 0.6) is 0 Å². The summed E-state index contributed by atoms with van der Waals surface area (Å²) >= 11 is 0. The van der Waals surface area contributed by atoms with E-state index in [2.05, 4.69) is 554 Å². The molecule has 26 aromatic rings. The topological polar surface area (TPSA) is 16.3 Å². The van der Waals surface area contributed by atoms with Crippen LogP contribution in [0.15, 0.2) is 522 Å². The van der Waals surface area contributed by atoms with Gasteiger partial charge >= 0.3 is 0 Å². The minimum Gasteiger partial charge on any atom is -0.311 e. The summed E-state index contributed by atoms with van der Waals surface area (Å²) in [5.74, 6) is 0. The Labute approximate surface area is 808 Å². The first-order valence-corrected chi connectivity index (χ1v) is 48.1. The molecule has 0 spiro atoms. The fourth-order valence-corrected chi connectivity index (χ4v) is 22.3. The molecule has 1 aliphatic carbocycles. The van der Waals surface area contributed by atoms with Gasteiger partial charge in [-0.05, 0) is 329 Å². The van der Waals surface area contributed by atoms with Gasteiger partial charge in [-0.25, -0.2) is 0 Å². The van der Waals surface area contributed by atoms with E-state index in [4.69, 9.17) is 0 Å². The van der Waals surface area contributed by atoms with Crippen LogP contribution < -0.4 is 9.80 Å². The van der Waals surface area contributed by atoms with Crippen molar-refractivity contribution < 1.29 is 0 Å². The van der Waals surface area contributed by atoms with Gasteiger partial charge < -0.3 is 18.9 Å². The highest BCUT2D eigenvalue weighted by Crippen LogP contribution is 2.52. The van der Waals surface area contributed by atoms with Gasteiger partial charge in [-0.1, -0.05) is 372 Å². The van der Waals surface area contributed by atoms with E-state index in [1.165, 1.54) is 208 Å². The summed E-state index contributed by atoms with van der Waals surface area (Å²) in [5, 5.41) is 20.4. The van der Waals surface area contributed by atoms with Crippen molar-refractivity contribution in [3.63, 3.8) is 0 Å². The molecule has 0 atom stereocenters. The molecule has 2 heterocycles. The molecule has 0 unspecified atom stereocenters. The molecule has 139 heavy (non-hydrogen) atoms. The highest BCUT2D eigenvalue weighted by Gasteiger charge is 2.36. The van der Waals surface area contributed by atoms with E-state index in [0.717, 1.165) is 45.5 Å². The molecule has 4 heteroatoms. The first-order valence-electron chi connectivity index (χ1n) is 48.1. The molecule has 0 N–H and O–H groups in total. The summed E-state index contributed by atoms with van der Waals surface area (Å²) in [5.41, 5.74) is 35.9. The highest BCUT2D eigenvalue weighted by atomic mass is 15.1.